The molecule has 0 radical (unpaired) electrons. The molecule has 12 heteroatoms. The minimum Gasteiger partial charge on any atom is -0.469 e. The van der Waals surface area contributed by atoms with E-state index in [-0.39, 0.29) is 36.3 Å². The maximum atomic E-state index is 14.4. The van der Waals surface area contributed by atoms with Crippen LogP contribution < -0.4 is 10.6 Å². The van der Waals surface area contributed by atoms with Gasteiger partial charge < -0.3 is 20.3 Å². The fourth-order valence-corrected chi connectivity index (χ4v) is 4.57. The number of rotatable bonds is 9. The van der Waals surface area contributed by atoms with Crippen LogP contribution in [0.15, 0.2) is 42.6 Å². The van der Waals surface area contributed by atoms with Crippen molar-refractivity contribution in [2.45, 2.75) is 25.8 Å². The van der Waals surface area contributed by atoms with Gasteiger partial charge in [-0.25, -0.2) is 9.37 Å². The molecule has 2 aromatic heterocycles. The summed E-state index contributed by atoms with van der Waals surface area (Å²) in [6.07, 6.45) is 2.11. The molecule has 1 atom stereocenters. The lowest BCUT2D eigenvalue weighted by Crippen LogP contribution is -2.53. The van der Waals surface area contributed by atoms with Crippen molar-refractivity contribution < 1.29 is 18.7 Å². The largest absolute Gasteiger partial charge is 0.469 e. The van der Waals surface area contributed by atoms with Gasteiger partial charge in [0, 0.05) is 67.2 Å². The van der Waals surface area contributed by atoms with Gasteiger partial charge in [-0.2, -0.15) is 10.2 Å². The van der Waals surface area contributed by atoms with Gasteiger partial charge >= 0.3 is 5.97 Å². The molecule has 1 saturated heterocycles. The molecule has 1 aromatic carbocycles. The maximum absolute atomic E-state index is 14.4. The predicted molar refractivity (Wildman–Crippen MR) is 147 cm³/mol. The molecule has 1 amide bonds. The number of pyridine rings is 1. The summed E-state index contributed by atoms with van der Waals surface area (Å²) in [6.45, 7) is 4.67. The van der Waals surface area contributed by atoms with Crippen molar-refractivity contribution in [3.8, 4) is 11.3 Å². The summed E-state index contributed by atoms with van der Waals surface area (Å²) in [6, 6.07) is 9.39. The van der Waals surface area contributed by atoms with Crippen molar-refractivity contribution in [2.24, 2.45) is 0 Å². The smallest absolute Gasteiger partial charge is 0.307 e. The number of piperazine rings is 1. The Morgan fingerprint density at radius 2 is 2.00 bits per heavy atom. The number of carbonyl (C=O) groups excluding carboxylic acids is 2. The number of halogens is 2. The number of esters is 1. The van der Waals surface area contributed by atoms with Crippen LogP contribution in [-0.4, -0.2) is 83.2 Å². The SMILES string of the molecule is COC(=O)CC1CN(C)CCN1CCC(=O)Nc1cc(Nc2cc(-c3cc(Cl)ccc3F)nnc2C)ccn1. The number of hydrogen-bond acceptors (Lipinski definition) is 9. The number of aromatic nitrogens is 3. The molecule has 0 saturated carbocycles. The number of nitrogens with one attached hydrogen (secondary N) is 2. The van der Waals surface area contributed by atoms with Crippen molar-refractivity contribution in [3.63, 3.8) is 0 Å². The minimum absolute atomic E-state index is 0.00265. The first-order valence-electron chi connectivity index (χ1n) is 12.5. The molecule has 4 rings (SSSR count). The van der Waals surface area contributed by atoms with Crippen LogP contribution in [-0.2, 0) is 14.3 Å². The average molecular weight is 556 g/mol. The van der Waals surface area contributed by atoms with Crippen molar-refractivity contribution in [1.82, 2.24) is 25.0 Å². The van der Waals surface area contributed by atoms with Gasteiger partial charge in [0.15, 0.2) is 0 Å². The van der Waals surface area contributed by atoms with Crippen molar-refractivity contribution >= 4 is 40.7 Å². The second-order valence-electron chi connectivity index (χ2n) is 9.44. The molecule has 1 unspecified atom stereocenters. The first-order chi connectivity index (χ1) is 18.7. The highest BCUT2D eigenvalue weighted by molar-refractivity contribution is 6.30. The number of amides is 1. The van der Waals surface area contributed by atoms with Crippen LogP contribution in [0.25, 0.3) is 11.3 Å². The van der Waals surface area contributed by atoms with Crippen LogP contribution >= 0.6 is 11.6 Å². The lowest BCUT2D eigenvalue weighted by Gasteiger charge is -2.39. The van der Waals surface area contributed by atoms with Crippen LogP contribution in [0, 0.1) is 12.7 Å². The van der Waals surface area contributed by atoms with Gasteiger partial charge in [-0.05, 0) is 44.3 Å². The summed E-state index contributed by atoms with van der Waals surface area (Å²) < 4.78 is 19.2. The number of ether oxygens (including phenoxy) is 1. The van der Waals surface area contributed by atoms with Crippen LogP contribution in [0.1, 0.15) is 18.5 Å². The second kappa shape index (κ2) is 12.9. The van der Waals surface area contributed by atoms with Gasteiger partial charge in [0.05, 0.1) is 30.6 Å². The summed E-state index contributed by atoms with van der Waals surface area (Å²) in [4.78, 5) is 33.1. The van der Waals surface area contributed by atoms with Gasteiger partial charge in [-0.3, -0.25) is 14.5 Å². The van der Waals surface area contributed by atoms with Crippen LogP contribution in [0.3, 0.4) is 0 Å². The topological polar surface area (TPSA) is 113 Å². The lowest BCUT2D eigenvalue weighted by molar-refractivity contribution is -0.142. The highest BCUT2D eigenvalue weighted by Gasteiger charge is 2.27. The number of benzene rings is 1. The summed E-state index contributed by atoms with van der Waals surface area (Å²) in [5.41, 5.74) is 2.47. The molecule has 1 aliphatic rings. The fraction of sp³-hybridized carbons (Fsp3) is 0.370. The molecule has 3 aromatic rings. The normalized spacial score (nSPS) is 16.1. The molecule has 1 aliphatic heterocycles. The minimum atomic E-state index is -0.453. The molecule has 39 heavy (non-hydrogen) atoms. The Bertz CT molecular complexity index is 1340. The van der Waals surface area contributed by atoms with Gasteiger partial charge in [-0.1, -0.05) is 11.6 Å². The monoisotopic (exact) mass is 555 g/mol. The highest BCUT2D eigenvalue weighted by atomic mass is 35.5. The van der Waals surface area contributed by atoms with Gasteiger partial charge in [-0.15, -0.1) is 0 Å². The van der Waals surface area contributed by atoms with Crippen LogP contribution in [0.2, 0.25) is 5.02 Å². The molecule has 3 heterocycles. The molecular weight excluding hydrogens is 525 g/mol. The average Bonchev–Trinajstić information content (AvgIpc) is 2.91. The van der Waals surface area contributed by atoms with Gasteiger partial charge in [0.1, 0.15) is 11.6 Å². The zero-order valence-corrected chi connectivity index (χ0v) is 22.8. The van der Waals surface area contributed by atoms with E-state index in [1.807, 2.05) is 7.05 Å². The Balaban J connectivity index is 1.39. The van der Waals surface area contributed by atoms with Crippen molar-refractivity contribution in [3.05, 3.63) is 59.1 Å². The Morgan fingerprint density at radius 3 is 2.79 bits per heavy atom. The summed E-state index contributed by atoms with van der Waals surface area (Å²) in [5, 5.41) is 14.7. The molecule has 0 spiro atoms. The van der Waals surface area contributed by atoms with E-state index in [4.69, 9.17) is 16.3 Å². The lowest BCUT2D eigenvalue weighted by atomic mass is 10.1. The standard InChI is InChI=1S/C27H31ClFN7O3/c1-17-23(15-24(34-33-17)21-12-18(28)4-5-22(21)29)31-19-6-8-30-25(13-19)32-26(37)7-9-36-11-10-35(2)16-20(36)14-27(38)39-3/h4-6,8,12-13,15,20H,7,9-11,14,16H2,1-3H3,(H2,30,31,32,34,37). The number of likely N-dealkylation sites (N-methyl/N-ethyl adjacent to an activating group) is 1. The number of methoxy groups -OCH3 is 1. The Kier molecular flexibility index (Phi) is 9.39. The van der Waals surface area contributed by atoms with E-state index in [0.29, 0.717) is 40.1 Å². The first-order valence-corrected chi connectivity index (χ1v) is 12.9. The second-order valence-corrected chi connectivity index (χ2v) is 9.87. The maximum Gasteiger partial charge on any atom is 0.307 e. The van der Waals surface area contributed by atoms with E-state index in [1.54, 1.807) is 31.3 Å². The fourth-order valence-electron chi connectivity index (χ4n) is 4.40. The van der Waals surface area contributed by atoms with E-state index >= 15 is 0 Å². The zero-order chi connectivity index (χ0) is 27.9. The quantitative estimate of drug-likeness (QED) is 0.380. The molecular formula is C27H31ClFN7O3. The molecule has 2 N–H and O–H groups in total. The number of hydrogen-bond donors (Lipinski definition) is 2. The Hall–Kier alpha value is -3.67. The first kappa shape index (κ1) is 28.3. The van der Waals surface area contributed by atoms with E-state index in [0.717, 1.165) is 19.6 Å². The summed E-state index contributed by atoms with van der Waals surface area (Å²) in [5.74, 6) is -0.514. The highest BCUT2D eigenvalue weighted by Crippen LogP contribution is 2.28. The number of anilines is 3. The Morgan fingerprint density at radius 1 is 1.18 bits per heavy atom. The molecule has 10 nitrogen and oxygen atoms in total. The van der Waals surface area contributed by atoms with E-state index in [9.17, 15) is 14.0 Å². The summed E-state index contributed by atoms with van der Waals surface area (Å²) >= 11 is 6.04. The number of carbonyl (C=O) groups is 2. The number of aryl methyl sites for hydroxylation is 1. The van der Waals surface area contributed by atoms with E-state index < -0.39 is 5.82 Å². The Labute approximate surface area is 231 Å². The molecule has 206 valence electrons. The molecule has 1 fully saturated rings. The zero-order valence-electron chi connectivity index (χ0n) is 22.1. The van der Waals surface area contributed by atoms with Crippen LogP contribution in [0.4, 0.5) is 21.6 Å². The predicted octanol–water partition coefficient (Wildman–Crippen LogP) is 3.89. The molecule has 0 bridgehead atoms. The molecule has 0 aliphatic carbocycles. The van der Waals surface area contributed by atoms with E-state index in [2.05, 4.69) is 35.6 Å². The van der Waals surface area contributed by atoms with Crippen molar-refractivity contribution in [2.75, 3.05) is 51.0 Å². The van der Waals surface area contributed by atoms with Gasteiger partial charge in [0.25, 0.3) is 0 Å². The summed E-state index contributed by atoms with van der Waals surface area (Å²) in [7, 11) is 3.40. The van der Waals surface area contributed by atoms with Gasteiger partial charge in [0.2, 0.25) is 5.91 Å². The number of nitrogens with zero attached hydrogens (tertiary/aromatic N) is 5. The third kappa shape index (κ3) is 7.69. The third-order valence-electron chi connectivity index (χ3n) is 6.55. The third-order valence-corrected chi connectivity index (χ3v) is 6.79. The van der Waals surface area contributed by atoms with E-state index in [1.165, 1.54) is 25.3 Å². The van der Waals surface area contributed by atoms with Crippen molar-refractivity contribution in [1.29, 1.82) is 0 Å². The van der Waals surface area contributed by atoms with Crippen LogP contribution in [0.5, 0.6) is 0 Å².